The van der Waals surface area contributed by atoms with Crippen LogP contribution in [0.5, 0.6) is 0 Å². The molecule has 2 rings (SSSR count). The fourth-order valence-electron chi connectivity index (χ4n) is 2.87. The third kappa shape index (κ3) is 3.88. The van der Waals surface area contributed by atoms with E-state index >= 15 is 0 Å². The van der Waals surface area contributed by atoms with E-state index < -0.39 is 36.6 Å². The number of esters is 1. The first-order valence-corrected chi connectivity index (χ1v) is 7.66. The molecule has 1 saturated heterocycles. The largest absolute Gasteiger partial charge is 0.454 e. The van der Waals surface area contributed by atoms with Crippen LogP contribution in [0.25, 0.3) is 0 Å². The highest BCUT2D eigenvalue weighted by atomic mass is 16.5. The average Bonchev–Trinajstić information content (AvgIpc) is 2.76. The van der Waals surface area contributed by atoms with Crippen molar-refractivity contribution in [3.05, 3.63) is 12.7 Å². The Kier molecular flexibility index (Phi) is 5.36. The molecule has 2 N–H and O–H groups in total. The van der Waals surface area contributed by atoms with Gasteiger partial charge in [-0.15, -0.1) is 6.58 Å². The SMILES string of the molecule is C=CCNC(=O)COC(=O)CN1C(=O)NC2(CCCCC2)C1=O. The molecule has 0 bridgehead atoms. The molecule has 4 amide bonds. The smallest absolute Gasteiger partial charge is 0.326 e. The maximum absolute atomic E-state index is 12.5. The van der Waals surface area contributed by atoms with E-state index in [9.17, 15) is 19.2 Å². The Morgan fingerprint density at radius 3 is 2.65 bits per heavy atom. The predicted octanol–water partition coefficient (Wildman–Crippen LogP) is 0.0865. The van der Waals surface area contributed by atoms with Gasteiger partial charge < -0.3 is 15.4 Å². The normalized spacial score (nSPS) is 19.4. The molecule has 1 aliphatic heterocycles. The fourth-order valence-corrected chi connectivity index (χ4v) is 2.87. The van der Waals surface area contributed by atoms with Crippen LogP contribution in [0.3, 0.4) is 0 Å². The standard InChI is InChI=1S/C15H21N3O5/c1-2-8-16-11(19)10-23-12(20)9-18-13(21)15(17-14(18)22)6-4-3-5-7-15/h2H,1,3-10H2,(H,16,19)(H,17,22). The number of nitrogens with zero attached hydrogens (tertiary/aromatic N) is 1. The number of nitrogens with one attached hydrogen (secondary N) is 2. The molecule has 0 unspecified atom stereocenters. The molecule has 23 heavy (non-hydrogen) atoms. The summed E-state index contributed by atoms with van der Waals surface area (Å²) in [5.41, 5.74) is -0.864. The molecule has 8 nitrogen and oxygen atoms in total. The third-order valence-corrected chi connectivity index (χ3v) is 4.05. The minimum Gasteiger partial charge on any atom is -0.454 e. The Morgan fingerprint density at radius 2 is 2.00 bits per heavy atom. The van der Waals surface area contributed by atoms with Crippen LogP contribution in [0.4, 0.5) is 4.79 Å². The molecule has 8 heteroatoms. The van der Waals surface area contributed by atoms with Crippen LogP contribution in [-0.2, 0) is 19.1 Å². The molecule has 2 fully saturated rings. The van der Waals surface area contributed by atoms with Crippen molar-refractivity contribution in [3.8, 4) is 0 Å². The Balaban J connectivity index is 1.86. The number of carbonyl (C=O) groups is 4. The van der Waals surface area contributed by atoms with Gasteiger partial charge in [0, 0.05) is 6.54 Å². The highest BCUT2D eigenvalue weighted by Gasteiger charge is 2.51. The van der Waals surface area contributed by atoms with Gasteiger partial charge in [-0.05, 0) is 12.8 Å². The molecule has 0 aromatic rings. The lowest BCUT2D eigenvalue weighted by atomic mass is 9.82. The van der Waals surface area contributed by atoms with Crippen LogP contribution in [0.1, 0.15) is 32.1 Å². The average molecular weight is 323 g/mol. The zero-order valence-corrected chi connectivity index (χ0v) is 12.9. The van der Waals surface area contributed by atoms with Crippen LogP contribution in [0.15, 0.2) is 12.7 Å². The second kappa shape index (κ2) is 7.26. The van der Waals surface area contributed by atoms with Crippen molar-refractivity contribution < 1.29 is 23.9 Å². The van der Waals surface area contributed by atoms with Gasteiger partial charge in [-0.1, -0.05) is 25.3 Å². The minimum absolute atomic E-state index is 0.270. The van der Waals surface area contributed by atoms with Crippen molar-refractivity contribution >= 4 is 23.8 Å². The van der Waals surface area contributed by atoms with E-state index in [1.165, 1.54) is 6.08 Å². The summed E-state index contributed by atoms with van der Waals surface area (Å²) in [6, 6.07) is -0.579. The summed E-state index contributed by atoms with van der Waals surface area (Å²) >= 11 is 0. The molecular weight excluding hydrogens is 302 g/mol. The Morgan fingerprint density at radius 1 is 1.30 bits per heavy atom. The van der Waals surface area contributed by atoms with Crippen LogP contribution in [0, 0.1) is 0 Å². The molecule has 0 atom stereocenters. The lowest BCUT2D eigenvalue weighted by Crippen LogP contribution is -2.48. The van der Waals surface area contributed by atoms with E-state index in [0.717, 1.165) is 24.2 Å². The zero-order valence-electron chi connectivity index (χ0n) is 12.9. The zero-order chi connectivity index (χ0) is 16.9. The molecule has 2 aliphatic rings. The summed E-state index contributed by atoms with van der Waals surface area (Å²) in [6.45, 7) is 2.77. The van der Waals surface area contributed by atoms with E-state index in [-0.39, 0.29) is 12.5 Å². The number of urea groups is 1. The van der Waals surface area contributed by atoms with E-state index in [1.807, 2.05) is 0 Å². The summed E-state index contributed by atoms with van der Waals surface area (Å²) in [4.78, 5) is 48.4. The highest BCUT2D eigenvalue weighted by Crippen LogP contribution is 2.33. The second-order valence-electron chi connectivity index (χ2n) is 5.72. The van der Waals surface area contributed by atoms with E-state index in [1.54, 1.807) is 0 Å². The van der Waals surface area contributed by atoms with Gasteiger partial charge in [-0.25, -0.2) is 4.79 Å². The first-order valence-electron chi connectivity index (χ1n) is 7.66. The Bertz CT molecular complexity index is 525. The number of amides is 4. The van der Waals surface area contributed by atoms with E-state index in [2.05, 4.69) is 17.2 Å². The number of imide groups is 1. The van der Waals surface area contributed by atoms with Gasteiger partial charge in [0.1, 0.15) is 12.1 Å². The van der Waals surface area contributed by atoms with Crippen molar-refractivity contribution in [2.75, 3.05) is 19.7 Å². The molecule has 1 heterocycles. The van der Waals surface area contributed by atoms with Gasteiger partial charge in [0.15, 0.2) is 6.61 Å². The van der Waals surface area contributed by atoms with Crippen LogP contribution < -0.4 is 10.6 Å². The first kappa shape index (κ1) is 17.0. The summed E-state index contributed by atoms with van der Waals surface area (Å²) in [7, 11) is 0. The molecule has 1 spiro atoms. The van der Waals surface area contributed by atoms with Gasteiger partial charge in [-0.2, -0.15) is 0 Å². The summed E-state index contributed by atoms with van der Waals surface area (Å²) < 4.78 is 4.78. The Hall–Kier alpha value is -2.38. The van der Waals surface area contributed by atoms with Crippen molar-refractivity contribution in [3.63, 3.8) is 0 Å². The molecule has 1 aliphatic carbocycles. The maximum Gasteiger partial charge on any atom is 0.326 e. The van der Waals surface area contributed by atoms with E-state index in [0.29, 0.717) is 12.8 Å². The van der Waals surface area contributed by atoms with Gasteiger partial charge in [0.2, 0.25) is 0 Å². The predicted molar refractivity (Wildman–Crippen MR) is 80.2 cm³/mol. The second-order valence-corrected chi connectivity index (χ2v) is 5.72. The van der Waals surface area contributed by atoms with Gasteiger partial charge in [-0.3, -0.25) is 19.3 Å². The molecular formula is C15H21N3O5. The quantitative estimate of drug-likeness (QED) is 0.409. The van der Waals surface area contributed by atoms with Gasteiger partial charge in [0.05, 0.1) is 0 Å². The fraction of sp³-hybridized carbons (Fsp3) is 0.600. The molecule has 1 saturated carbocycles. The van der Waals surface area contributed by atoms with E-state index in [4.69, 9.17) is 4.74 Å². The number of hydrogen-bond acceptors (Lipinski definition) is 5. The van der Waals surface area contributed by atoms with Gasteiger partial charge in [0.25, 0.3) is 11.8 Å². The summed E-state index contributed by atoms with van der Waals surface area (Å²) in [6.07, 6.45) is 5.45. The van der Waals surface area contributed by atoms with Crippen LogP contribution >= 0.6 is 0 Å². The number of ether oxygens (including phenoxy) is 1. The third-order valence-electron chi connectivity index (χ3n) is 4.05. The van der Waals surface area contributed by atoms with Crippen molar-refractivity contribution in [2.45, 2.75) is 37.6 Å². The van der Waals surface area contributed by atoms with Gasteiger partial charge >= 0.3 is 12.0 Å². The lowest BCUT2D eigenvalue weighted by Gasteiger charge is -2.30. The van der Waals surface area contributed by atoms with Crippen molar-refractivity contribution in [1.29, 1.82) is 0 Å². The van der Waals surface area contributed by atoms with Crippen molar-refractivity contribution in [2.24, 2.45) is 0 Å². The molecule has 126 valence electrons. The summed E-state index contributed by atoms with van der Waals surface area (Å²) in [5, 5.41) is 5.16. The highest BCUT2D eigenvalue weighted by molar-refractivity contribution is 6.08. The summed E-state index contributed by atoms with van der Waals surface area (Å²) in [5.74, 6) is -1.65. The van der Waals surface area contributed by atoms with Crippen molar-refractivity contribution in [1.82, 2.24) is 15.5 Å². The monoisotopic (exact) mass is 323 g/mol. The number of rotatable bonds is 6. The molecule has 0 radical (unpaired) electrons. The number of hydrogen-bond donors (Lipinski definition) is 2. The van der Waals surface area contributed by atoms with Crippen LogP contribution in [-0.4, -0.2) is 54.0 Å². The molecule has 0 aromatic carbocycles. The van der Waals surface area contributed by atoms with Crippen LogP contribution in [0.2, 0.25) is 0 Å². The lowest BCUT2D eigenvalue weighted by molar-refractivity contribution is -0.151. The molecule has 0 aromatic heterocycles. The number of carbonyl (C=O) groups excluding carboxylic acids is 4. The Labute approximate surface area is 134 Å². The maximum atomic E-state index is 12.5. The first-order chi connectivity index (χ1) is 11.0. The minimum atomic E-state index is -0.864. The topological polar surface area (TPSA) is 105 Å².